The summed E-state index contributed by atoms with van der Waals surface area (Å²) < 4.78 is 37.0. The van der Waals surface area contributed by atoms with Crippen molar-refractivity contribution in [1.82, 2.24) is 4.90 Å². The largest absolute Gasteiger partial charge is 0.481 e. The van der Waals surface area contributed by atoms with Gasteiger partial charge in [-0.3, -0.25) is 9.59 Å². The maximum absolute atomic E-state index is 12.3. The van der Waals surface area contributed by atoms with Crippen LogP contribution in [0.2, 0.25) is 0 Å². The van der Waals surface area contributed by atoms with Gasteiger partial charge in [0.2, 0.25) is 0 Å². The number of amides is 1. The first kappa shape index (κ1) is 13.8. The molecule has 1 heterocycles. The number of carbonyl (C=O) groups excluding carboxylic acids is 1. The number of aliphatic carboxylic acids is 1. The highest BCUT2D eigenvalue weighted by molar-refractivity contribution is 5.83. The number of piperidine rings is 1. The summed E-state index contributed by atoms with van der Waals surface area (Å²) in [6.45, 7) is 1.33. The van der Waals surface area contributed by atoms with Crippen LogP contribution < -0.4 is 0 Å². The Labute approximate surface area is 96.4 Å². The van der Waals surface area contributed by atoms with Gasteiger partial charge in [0.15, 0.2) is 0 Å². The lowest BCUT2D eigenvalue weighted by Gasteiger charge is -2.38. The SMILES string of the molecule is CCC1CCC(C(=O)O)CN1C(=O)C(F)(F)F. The highest BCUT2D eigenvalue weighted by Gasteiger charge is 2.46. The molecule has 2 atom stereocenters. The number of nitrogens with zero attached hydrogens (tertiary/aromatic N) is 1. The molecule has 0 bridgehead atoms. The minimum Gasteiger partial charge on any atom is -0.481 e. The highest BCUT2D eigenvalue weighted by Crippen LogP contribution is 2.29. The van der Waals surface area contributed by atoms with Crippen LogP contribution in [-0.2, 0) is 9.59 Å². The monoisotopic (exact) mass is 253 g/mol. The maximum Gasteiger partial charge on any atom is 0.471 e. The summed E-state index contributed by atoms with van der Waals surface area (Å²) in [6, 6.07) is -0.514. The number of hydrogen-bond donors (Lipinski definition) is 1. The van der Waals surface area contributed by atoms with Gasteiger partial charge in [-0.15, -0.1) is 0 Å². The summed E-state index contributed by atoms with van der Waals surface area (Å²) in [4.78, 5) is 22.6. The molecule has 0 saturated carbocycles. The van der Waals surface area contributed by atoms with E-state index in [9.17, 15) is 22.8 Å². The lowest BCUT2D eigenvalue weighted by Crippen LogP contribution is -2.52. The van der Waals surface area contributed by atoms with Crippen LogP contribution in [0.15, 0.2) is 0 Å². The zero-order chi connectivity index (χ0) is 13.2. The number of likely N-dealkylation sites (tertiary alicyclic amines) is 1. The minimum absolute atomic E-state index is 0.301. The van der Waals surface area contributed by atoms with Gasteiger partial charge in [-0.1, -0.05) is 6.92 Å². The van der Waals surface area contributed by atoms with Crippen LogP contribution in [0, 0.1) is 5.92 Å². The van der Waals surface area contributed by atoms with Gasteiger partial charge >= 0.3 is 18.1 Å². The first-order valence-electron chi connectivity index (χ1n) is 5.38. The average molecular weight is 253 g/mol. The van der Waals surface area contributed by atoms with Gasteiger partial charge in [-0.2, -0.15) is 13.2 Å². The molecule has 1 amide bonds. The maximum atomic E-state index is 12.3. The standard InChI is InChI=1S/C10H14F3NO3/c1-2-7-4-3-6(8(15)16)5-14(7)9(17)10(11,12)13/h6-7H,2-5H2,1H3,(H,15,16). The third-order valence-electron chi connectivity index (χ3n) is 3.03. The predicted octanol–water partition coefficient (Wildman–Crippen LogP) is 1.65. The smallest absolute Gasteiger partial charge is 0.471 e. The Bertz CT molecular complexity index is 316. The fourth-order valence-electron chi connectivity index (χ4n) is 2.06. The number of hydrogen-bond acceptors (Lipinski definition) is 2. The summed E-state index contributed by atoms with van der Waals surface area (Å²) in [6.07, 6.45) is -3.92. The third kappa shape index (κ3) is 3.10. The van der Waals surface area contributed by atoms with E-state index in [1.165, 1.54) is 0 Å². The van der Waals surface area contributed by atoms with Gasteiger partial charge in [0, 0.05) is 12.6 Å². The molecular weight excluding hydrogens is 239 g/mol. The van der Waals surface area contributed by atoms with Crippen molar-refractivity contribution >= 4 is 11.9 Å². The molecule has 1 aliphatic heterocycles. The normalized spacial score (nSPS) is 25.8. The van der Waals surface area contributed by atoms with Crippen LogP contribution in [0.4, 0.5) is 13.2 Å². The van der Waals surface area contributed by atoms with Crippen molar-refractivity contribution in [2.45, 2.75) is 38.4 Å². The van der Waals surface area contributed by atoms with Crippen molar-refractivity contribution in [2.75, 3.05) is 6.54 Å². The molecule has 2 unspecified atom stereocenters. The lowest BCUT2D eigenvalue weighted by molar-refractivity contribution is -0.190. The molecule has 1 fully saturated rings. The van der Waals surface area contributed by atoms with Crippen LogP contribution in [-0.4, -0.2) is 40.6 Å². The lowest BCUT2D eigenvalue weighted by atomic mass is 9.91. The van der Waals surface area contributed by atoms with E-state index in [1.807, 2.05) is 0 Å². The zero-order valence-corrected chi connectivity index (χ0v) is 9.33. The Morgan fingerprint density at radius 3 is 2.35 bits per heavy atom. The molecule has 1 N–H and O–H groups in total. The van der Waals surface area contributed by atoms with Crippen LogP contribution in [0.3, 0.4) is 0 Å². The van der Waals surface area contributed by atoms with Gasteiger partial charge in [0.1, 0.15) is 0 Å². The first-order chi connectivity index (χ1) is 7.77. The van der Waals surface area contributed by atoms with Crippen molar-refractivity contribution < 1.29 is 27.9 Å². The van der Waals surface area contributed by atoms with E-state index in [0.29, 0.717) is 24.2 Å². The quantitative estimate of drug-likeness (QED) is 0.814. The van der Waals surface area contributed by atoms with E-state index in [2.05, 4.69) is 0 Å². The van der Waals surface area contributed by atoms with Gasteiger partial charge in [-0.25, -0.2) is 0 Å². The van der Waals surface area contributed by atoms with E-state index in [0.717, 1.165) is 0 Å². The second kappa shape index (κ2) is 4.93. The molecule has 0 aromatic rings. The Balaban J connectivity index is 2.84. The molecule has 0 aromatic carbocycles. The summed E-state index contributed by atoms with van der Waals surface area (Å²) in [5, 5.41) is 8.78. The molecule has 0 aromatic heterocycles. The van der Waals surface area contributed by atoms with Crippen molar-refractivity contribution in [3.63, 3.8) is 0 Å². The van der Waals surface area contributed by atoms with Gasteiger partial charge < -0.3 is 10.0 Å². The number of carbonyl (C=O) groups is 2. The summed E-state index contributed by atoms with van der Waals surface area (Å²) in [5.41, 5.74) is 0. The molecule has 98 valence electrons. The fraction of sp³-hybridized carbons (Fsp3) is 0.800. The Morgan fingerprint density at radius 1 is 1.35 bits per heavy atom. The molecule has 0 spiro atoms. The summed E-state index contributed by atoms with van der Waals surface area (Å²) in [5.74, 6) is -3.99. The number of carboxylic acid groups (broad SMARTS) is 1. The number of alkyl halides is 3. The van der Waals surface area contributed by atoms with Gasteiger partial charge in [0.25, 0.3) is 0 Å². The summed E-state index contributed by atoms with van der Waals surface area (Å²) >= 11 is 0. The van der Waals surface area contributed by atoms with E-state index in [4.69, 9.17) is 5.11 Å². The van der Waals surface area contributed by atoms with Crippen molar-refractivity contribution in [2.24, 2.45) is 5.92 Å². The molecule has 0 radical (unpaired) electrons. The van der Waals surface area contributed by atoms with Crippen molar-refractivity contribution in [3.8, 4) is 0 Å². The topological polar surface area (TPSA) is 57.6 Å². The van der Waals surface area contributed by atoms with Crippen molar-refractivity contribution in [1.29, 1.82) is 0 Å². The van der Waals surface area contributed by atoms with E-state index >= 15 is 0 Å². The second-order valence-corrected chi connectivity index (χ2v) is 4.13. The average Bonchev–Trinajstić information content (AvgIpc) is 2.25. The summed E-state index contributed by atoms with van der Waals surface area (Å²) in [7, 11) is 0. The Morgan fingerprint density at radius 2 is 1.94 bits per heavy atom. The molecule has 1 aliphatic rings. The number of rotatable bonds is 2. The molecule has 7 heteroatoms. The first-order valence-corrected chi connectivity index (χ1v) is 5.38. The van der Waals surface area contributed by atoms with Gasteiger partial charge in [-0.05, 0) is 19.3 Å². The van der Waals surface area contributed by atoms with Gasteiger partial charge in [0.05, 0.1) is 5.92 Å². The molecule has 0 aliphatic carbocycles. The number of halogens is 3. The highest BCUT2D eigenvalue weighted by atomic mass is 19.4. The van der Waals surface area contributed by atoms with E-state index in [-0.39, 0.29) is 6.54 Å². The minimum atomic E-state index is -4.94. The second-order valence-electron chi connectivity index (χ2n) is 4.13. The fourth-order valence-corrected chi connectivity index (χ4v) is 2.06. The van der Waals surface area contributed by atoms with Crippen LogP contribution >= 0.6 is 0 Å². The Kier molecular flexibility index (Phi) is 4.00. The van der Waals surface area contributed by atoms with Crippen molar-refractivity contribution in [3.05, 3.63) is 0 Å². The number of carboxylic acids is 1. The molecular formula is C10H14F3NO3. The van der Waals surface area contributed by atoms with E-state index < -0.39 is 30.0 Å². The molecule has 1 rings (SSSR count). The van der Waals surface area contributed by atoms with Crippen LogP contribution in [0.25, 0.3) is 0 Å². The molecule has 17 heavy (non-hydrogen) atoms. The Hall–Kier alpha value is -1.27. The van der Waals surface area contributed by atoms with E-state index in [1.54, 1.807) is 6.92 Å². The molecule has 4 nitrogen and oxygen atoms in total. The van der Waals surface area contributed by atoms with Crippen LogP contribution in [0.1, 0.15) is 26.2 Å². The predicted molar refractivity (Wildman–Crippen MR) is 52.2 cm³/mol. The van der Waals surface area contributed by atoms with Crippen LogP contribution in [0.5, 0.6) is 0 Å². The molecule has 1 saturated heterocycles. The zero-order valence-electron chi connectivity index (χ0n) is 9.33. The third-order valence-corrected chi connectivity index (χ3v) is 3.03.